The van der Waals surface area contributed by atoms with E-state index in [1.807, 2.05) is 65.7 Å². The van der Waals surface area contributed by atoms with Crippen LogP contribution in [0.25, 0.3) is 6.08 Å². The number of amides is 1. The number of benzene rings is 4. The van der Waals surface area contributed by atoms with E-state index in [1.54, 1.807) is 30.3 Å². The molecule has 7 heteroatoms. The Labute approximate surface area is 236 Å². The third-order valence-corrected chi connectivity index (χ3v) is 8.62. The summed E-state index contributed by atoms with van der Waals surface area (Å²) in [7, 11) is 1.35. The maximum Gasteiger partial charge on any atom is 0.238 e. The van der Waals surface area contributed by atoms with Crippen LogP contribution in [0.5, 0.6) is 5.75 Å². The zero-order valence-corrected chi connectivity index (χ0v) is 22.1. The van der Waals surface area contributed by atoms with E-state index in [1.165, 1.54) is 19.2 Å². The van der Waals surface area contributed by atoms with Crippen LogP contribution in [0, 0.1) is 11.7 Å². The van der Waals surface area contributed by atoms with Gasteiger partial charge in [-0.1, -0.05) is 72.8 Å². The number of rotatable bonds is 5. The topological polar surface area (TPSA) is 75.7 Å². The first-order valence-electron chi connectivity index (χ1n) is 13.4. The fourth-order valence-corrected chi connectivity index (χ4v) is 6.94. The number of anilines is 1. The van der Waals surface area contributed by atoms with Crippen molar-refractivity contribution in [1.29, 1.82) is 0 Å². The third-order valence-electron chi connectivity index (χ3n) is 8.62. The summed E-state index contributed by atoms with van der Waals surface area (Å²) in [6, 6.07) is 26.1. The number of para-hydroxylation sites is 1. The molecule has 3 aliphatic heterocycles. The zero-order valence-electron chi connectivity index (χ0n) is 22.1. The van der Waals surface area contributed by atoms with Crippen LogP contribution in [0.3, 0.4) is 0 Å². The standard InChI is InChI=1S/C34H25FN2O4/c1-41-27-16-15-22(19-25(27)35)30(38)28-29(31(39)21-10-3-2-4-11-21)37-18-17-20-9-5-6-12-23(20)32(37)34(28)24-13-7-8-14-26(24)36-33(34)40/h2-19,28-29,32H,1H3,(H,36,40)/t28-,29+,32-,34-/m0/s1. The number of carbonyl (C=O) groups is 3. The summed E-state index contributed by atoms with van der Waals surface area (Å²) in [6.07, 6.45) is 3.72. The highest BCUT2D eigenvalue weighted by atomic mass is 19.1. The number of carbonyl (C=O) groups excluding carboxylic acids is 3. The minimum absolute atomic E-state index is 0.00201. The van der Waals surface area contributed by atoms with Gasteiger partial charge in [-0.3, -0.25) is 14.4 Å². The Bertz CT molecular complexity index is 1770. The van der Waals surface area contributed by atoms with Crippen LogP contribution in [0.2, 0.25) is 0 Å². The second-order valence-electron chi connectivity index (χ2n) is 10.5. The number of Topliss-reactive ketones (excluding diaryl/α,β-unsaturated/α-hetero) is 2. The van der Waals surface area contributed by atoms with Crippen LogP contribution < -0.4 is 10.1 Å². The molecule has 0 aliphatic carbocycles. The summed E-state index contributed by atoms with van der Waals surface area (Å²) in [5, 5.41) is 3.01. The molecule has 0 saturated carbocycles. The molecule has 1 N–H and O–H groups in total. The highest BCUT2D eigenvalue weighted by Gasteiger charge is 2.70. The normalized spacial score (nSPS) is 23.5. The van der Waals surface area contributed by atoms with Gasteiger partial charge < -0.3 is 15.0 Å². The molecule has 1 saturated heterocycles. The number of ketones is 2. The Morgan fingerprint density at radius 2 is 1.61 bits per heavy atom. The van der Waals surface area contributed by atoms with Gasteiger partial charge in [-0.25, -0.2) is 4.39 Å². The number of halogens is 1. The molecule has 0 bridgehead atoms. The van der Waals surface area contributed by atoms with Gasteiger partial charge in [0.05, 0.1) is 19.1 Å². The second kappa shape index (κ2) is 9.27. The van der Waals surface area contributed by atoms with E-state index in [-0.39, 0.29) is 23.0 Å². The van der Waals surface area contributed by atoms with Crippen LogP contribution >= 0.6 is 0 Å². The van der Waals surface area contributed by atoms with Gasteiger partial charge in [0.2, 0.25) is 5.91 Å². The quantitative estimate of drug-likeness (QED) is 0.321. The van der Waals surface area contributed by atoms with E-state index in [2.05, 4.69) is 5.32 Å². The van der Waals surface area contributed by atoms with Crippen LogP contribution in [0.1, 0.15) is 43.4 Å². The molecule has 1 amide bonds. The van der Waals surface area contributed by atoms with Crippen molar-refractivity contribution in [2.75, 3.05) is 12.4 Å². The van der Waals surface area contributed by atoms with Gasteiger partial charge in [0.15, 0.2) is 23.1 Å². The summed E-state index contributed by atoms with van der Waals surface area (Å²) < 4.78 is 20.0. The van der Waals surface area contributed by atoms with Gasteiger partial charge in [0.25, 0.3) is 0 Å². The van der Waals surface area contributed by atoms with Crippen LogP contribution in [0.4, 0.5) is 10.1 Å². The number of hydrogen-bond donors (Lipinski definition) is 1. The molecule has 0 radical (unpaired) electrons. The van der Waals surface area contributed by atoms with Crippen molar-refractivity contribution in [2.24, 2.45) is 5.92 Å². The average Bonchev–Trinajstić information content (AvgIpc) is 3.49. The molecule has 41 heavy (non-hydrogen) atoms. The van der Waals surface area contributed by atoms with E-state index in [0.29, 0.717) is 16.8 Å². The molecule has 1 fully saturated rings. The number of ether oxygens (including phenoxy) is 1. The predicted molar refractivity (Wildman–Crippen MR) is 152 cm³/mol. The molecule has 3 heterocycles. The monoisotopic (exact) mass is 544 g/mol. The smallest absolute Gasteiger partial charge is 0.238 e. The Morgan fingerprint density at radius 1 is 0.878 bits per heavy atom. The van der Waals surface area contributed by atoms with Crippen LogP contribution in [-0.4, -0.2) is 35.5 Å². The zero-order chi connectivity index (χ0) is 28.3. The highest BCUT2D eigenvalue weighted by Crippen LogP contribution is 2.62. The lowest BCUT2D eigenvalue weighted by atomic mass is 9.62. The van der Waals surface area contributed by atoms with E-state index in [4.69, 9.17) is 4.74 Å². The summed E-state index contributed by atoms with van der Waals surface area (Å²) in [6.45, 7) is 0. The molecule has 7 rings (SSSR count). The lowest BCUT2D eigenvalue weighted by Gasteiger charge is -2.38. The largest absolute Gasteiger partial charge is 0.494 e. The predicted octanol–water partition coefficient (Wildman–Crippen LogP) is 5.82. The first-order valence-corrected chi connectivity index (χ1v) is 13.4. The minimum atomic E-state index is -1.47. The first kappa shape index (κ1) is 25.0. The Morgan fingerprint density at radius 3 is 2.39 bits per heavy atom. The van der Waals surface area contributed by atoms with E-state index >= 15 is 0 Å². The number of methoxy groups -OCH3 is 1. The van der Waals surface area contributed by atoms with Crippen molar-refractivity contribution in [1.82, 2.24) is 4.90 Å². The Balaban J connectivity index is 1.53. The highest BCUT2D eigenvalue weighted by molar-refractivity contribution is 6.16. The number of hydrogen-bond acceptors (Lipinski definition) is 5. The van der Waals surface area contributed by atoms with Gasteiger partial charge in [0.1, 0.15) is 11.5 Å². The van der Waals surface area contributed by atoms with E-state index in [9.17, 15) is 18.8 Å². The average molecular weight is 545 g/mol. The minimum Gasteiger partial charge on any atom is -0.494 e. The van der Waals surface area contributed by atoms with E-state index in [0.717, 1.165) is 17.2 Å². The van der Waals surface area contributed by atoms with E-state index < -0.39 is 35.0 Å². The molecule has 4 atom stereocenters. The number of nitrogens with one attached hydrogen (secondary N) is 1. The van der Waals surface area contributed by atoms with Crippen molar-refractivity contribution in [2.45, 2.75) is 17.5 Å². The molecular weight excluding hydrogens is 519 g/mol. The summed E-state index contributed by atoms with van der Waals surface area (Å²) in [5.74, 6) is -3.02. The summed E-state index contributed by atoms with van der Waals surface area (Å²) in [5.41, 5.74) is 1.99. The number of nitrogens with zero attached hydrogens (tertiary/aromatic N) is 1. The lowest BCUT2D eigenvalue weighted by molar-refractivity contribution is -0.122. The molecule has 4 aromatic carbocycles. The second-order valence-corrected chi connectivity index (χ2v) is 10.5. The van der Waals surface area contributed by atoms with Crippen molar-refractivity contribution >= 4 is 29.2 Å². The van der Waals surface area contributed by atoms with Gasteiger partial charge in [-0.2, -0.15) is 0 Å². The van der Waals surface area contributed by atoms with Crippen molar-refractivity contribution in [3.05, 3.63) is 137 Å². The fourth-order valence-electron chi connectivity index (χ4n) is 6.94. The first-order chi connectivity index (χ1) is 20.0. The molecule has 0 unspecified atom stereocenters. The summed E-state index contributed by atoms with van der Waals surface area (Å²) in [4.78, 5) is 45.4. The molecule has 1 spiro atoms. The molecule has 0 aromatic heterocycles. The fraction of sp³-hybridized carbons (Fsp3) is 0.147. The van der Waals surface area contributed by atoms with Crippen molar-refractivity contribution in [3.63, 3.8) is 0 Å². The molecule has 202 valence electrons. The van der Waals surface area contributed by atoms with Gasteiger partial charge in [0, 0.05) is 23.0 Å². The molecule has 4 aromatic rings. The maximum absolute atomic E-state index is 15.0. The maximum atomic E-state index is 15.0. The van der Waals surface area contributed by atoms with Crippen LogP contribution in [0.15, 0.2) is 103 Å². The molecule has 6 nitrogen and oxygen atoms in total. The van der Waals surface area contributed by atoms with Gasteiger partial charge in [-0.05, 0) is 47.0 Å². The third kappa shape index (κ3) is 3.45. The van der Waals surface area contributed by atoms with Crippen molar-refractivity contribution in [3.8, 4) is 5.75 Å². The van der Waals surface area contributed by atoms with Crippen molar-refractivity contribution < 1.29 is 23.5 Å². The molecule has 3 aliphatic rings. The number of fused-ring (bicyclic) bond motifs is 6. The molecular formula is C34H25FN2O4. The lowest BCUT2D eigenvalue weighted by Crippen LogP contribution is -2.49. The van der Waals surface area contributed by atoms with Gasteiger partial charge in [-0.15, -0.1) is 0 Å². The van der Waals surface area contributed by atoms with Gasteiger partial charge >= 0.3 is 0 Å². The summed E-state index contributed by atoms with van der Waals surface area (Å²) >= 11 is 0. The SMILES string of the molecule is COc1ccc(C(=O)[C@@H]2[C@H](C(=O)c3ccccc3)N3C=Cc4ccccc4[C@H]3[C@@]23C(=O)Nc2ccccc23)cc1F. The van der Waals surface area contributed by atoms with Crippen LogP contribution in [-0.2, 0) is 10.2 Å². The Hall–Kier alpha value is -5.04. The Kier molecular flexibility index (Phi) is 5.64.